The highest BCUT2D eigenvalue weighted by Gasteiger charge is 2.40. The Morgan fingerprint density at radius 3 is 2.35 bits per heavy atom. The molecule has 0 heterocycles. The van der Waals surface area contributed by atoms with Gasteiger partial charge in [0.15, 0.2) is 0 Å². The molecule has 0 amide bonds. The van der Waals surface area contributed by atoms with E-state index in [-0.39, 0.29) is 5.92 Å². The lowest BCUT2D eigenvalue weighted by Gasteiger charge is -2.42. The second-order valence-electron chi connectivity index (χ2n) is 5.74. The van der Waals surface area contributed by atoms with Gasteiger partial charge in [0.2, 0.25) is 0 Å². The highest BCUT2D eigenvalue weighted by Crippen LogP contribution is 2.54. The molecule has 3 aliphatic rings. The molecule has 0 fully saturated rings. The lowest BCUT2D eigenvalue weighted by atomic mass is 9.61. The van der Waals surface area contributed by atoms with Crippen LogP contribution < -0.4 is 0 Å². The van der Waals surface area contributed by atoms with Crippen molar-refractivity contribution in [2.24, 2.45) is 0 Å². The maximum Gasteiger partial charge on any atom is 0.146 e. The number of hydrogen-bond acceptors (Lipinski definition) is 1. The molecule has 0 N–H and O–H groups in total. The van der Waals surface area contributed by atoms with E-state index in [1.54, 1.807) is 0 Å². The average molecular weight is 260 g/mol. The number of allylic oxidation sites excluding steroid dienone is 2. The first-order chi connectivity index (χ1) is 9.88. The van der Waals surface area contributed by atoms with Crippen molar-refractivity contribution in [3.63, 3.8) is 0 Å². The lowest BCUT2D eigenvalue weighted by Crippen LogP contribution is -2.28. The zero-order valence-corrected chi connectivity index (χ0v) is 11.2. The van der Waals surface area contributed by atoms with Gasteiger partial charge in [-0.3, -0.25) is 4.79 Å². The van der Waals surface area contributed by atoms with Gasteiger partial charge < -0.3 is 0 Å². The Labute approximate surface area is 119 Å². The molecule has 0 aromatic heterocycles. The van der Waals surface area contributed by atoms with Crippen LogP contribution >= 0.6 is 0 Å². The lowest BCUT2D eigenvalue weighted by molar-refractivity contribution is -0.105. The first-order valence-corrected chi connectivity index (χ1v) is 7.19. The number of hydrogen-bond donors (Lipinski definition) is 0. The first-order valence-electron chi connectivity index (χ1n) is 7.19. The summed E-state index contributed by atoms with van der Waals surface area (Å²) in [4.78, 5) is 11.3. The Balaban J connectivity index is 1.86. The maximum atomic E-state index is 11.3. The van der Waals surface area contributed by atoms with E-state index in [0.717, 1.165) is 18.3 Å². The normalized spacial score (nSPS) is 26.8. The third kappa shape index (κ3) is 1.59. The van der Waals surface area contributed by atoms with Crippen LogP contribution in [0.5, 0.6) is 0 Å². The average Bonchev–Trinajstić information content (AvgIpc) is 2.55. The van der Waals surface area contributed by atoms with Gasteiger partial charge in [0.25, 0.3) is 0 Å². The van der Waals surface area contributed by atoms with Gasteiger partial charge in [0.05, 0.1) is 0 Å². The van der Waals surface area contributed by atoms with E-state index >= 15 is 0 Å². The second-order valence-corrected chi connectivity index (χ2v) is 5.74. The molecule has 5 rings (SSSR count). The number of fused-ring (bicyclic) bond motifs is 1. The molecule has 0 aliphatic heterocycles. The fourth-order valence-electron chi connectivity index (χ4n) is 3.89. The molecule has 0 spiro atoms. The van der Waals surface area contributed by atoms with Crippen LogP contribution in [-0.4, -0.2) is 6.29 Å². The minimum absolute atomic E-state index is 0.277. The summed E-state index contributed by atoms with van der Waals surface area (Å²) in [5.74, 6) is 1.12. The molecule has 2 aromatic rings. The molecular formula is C19H16O. The smallest absolute Gasteiger partial charge is 0.146 e. The van der Waals surface area contributed by atoms with Gasteiger partial charge in [-0.25, -0.2) is 0 Å². The van der Waals surface area contributed by atoms with E-state index in [0.29, 0.717) is 11.8 Å². The molecule has 3 unspecified atom stereocenters. The Bertz CT molecular complexity index is 684. The van der Waals surface area contributed by atoms with Gasteiger partial charge >= 0.3 is 0 Å². The topological polar surface area (TPSA) is 17.1 Å². The number of carbonyl (C=O) groups is 1. The number of rotatable bonds is 2. The van der Waals surface area contributed by atoms with Crippen LogP contribution in [0.3, 0.4) is 0 Å². The van der Waals surface area contributed by atoms with Crippen LogP contribution in [0.25, 0.3) is 0 Å². The van der Waals surface area contributed by atoms with Crippen LogP contribution in [0.4, 0.5) is 0 Å². The zero-order valence-electron chi connectivity index (χ0n) is 11.2. The van der Waals surface area contributed by atoms with Crippen LogP contribution in [0.2, 0.25) is 0 Å². The molecule has 3 atom stereocenters. The quantitative estimate of drug-likeness (QED) is 0.740. The highest BCUT2D eigenvalue weighted by atomic mass is 16.1. The fourth-order valence-corrected chi connectivity index (χ4v) is 3.89. The van der Waals surface area contributed by atoms with Crippen molar-refractivity contribution in [3.05, 3.63) is 82.9 Å². The monoisotopic (exact) mass is 260 g/mol. The molecule has 2 aromatic carbocycles. The predicted molar refractivity (Wildman–Crippen MR) is 79.9 cm³/mol. The van der Waals surface area contributed by atoms with E-state index in [4.69, 9.17) is 0 Å². The molecule has 3 aliphatic carbocycles. The van der Waals surface area contributed by atoms with Gasteiger partial charge in [0.1, 0.15) is 6.29 Å². The van der Waals surface area contributed by atoms with Crippen molar-refractivity contribution in [2.45, 2.75) is 24.2 Å². The van der Waals surface area contributed by atoms with Gasteiger partial charge in [-0.1, -0.05) is 60.7 Å². The maximum absolute atomic E-state index is 11.3. The molecule has 0 radical (unpaired) electrons. The summed E-state index contributed by atoms with van der Waals surface area (Å²) < 4.78 is 0. The van der Waals surface area contributed by atoms with E-state index in [9.17, 15) is 4.79 Å². The largest absolute Gasteiger partial charge is 0.298 e. The van der Waals surface area contributed by atoms with Crippen molar-refractivity contribution in [3.8, 4) is 0 Å². The molecule has 1 nitrogen and oxygen atoms in total. The Kier molecular flexibility index (Phi) is 2.59. The van der Waals surface area contributed by atoms with E-state index in [2.05, 4.69) is 60.7 Å². The minimum Gasteiger partial charge on any atom is -0.298 e. The SMILES string of the molecule is O=CC1=CC2c3ccccc3C1CC2c1ccccc1. The highest BCUT2D eigenvalue weighted by molar-refractivity contribution is 5.79. The summed E-state index contributed by atoms with van der Waals surface area (Å²) in [7, 11) is 0. The molecule has 0 saturated heterocycles. The molecule has 0 saturated carbocycles. The summed E-state index contributed by atoms with van der Waals surface area (Å²) in [5, 5.41) is 0. The number of benzene rings is 2. The van der Waals surface area contributed by atoms with Crippen LogP contribution in [0, 0.1) is 0 Å². The zero-order chi connectivity index (χ0) is 13.5. The van der Waals surface area contributed by atoms with E-state index < -0.39 is 0 Å². The Hall–Kier alpha value is -2.15. The van der Waals surface area contributed by atoms with Gasteiger partial charge in [-0.15, -0.1) is 0 Å². The van der Waals surface area contributed by atoms with E-state index in [1.165, 1.54) is 16.7 Å². The summed E-state index contributed by atoms with van der Waals surface area (Å²) >= 11 is 0. The van der Waals surface area contributed by atoms with Crippen LogP contribution in [0.1, 0.15) is 40.9 Å². The summed E-state index contributed by atoms with van der Waals surface area (Å²) in [6, 6.07) is 19.3. The Morgan fingerprint density at radius 2 is 1.60 bits per heavy atom. The fraction of sp³-hybridized carbons (Fsp3) is 0.211. The number of carbonyl (C=O) groups excluding carboxylic acids is 1. The van der Waals surface area contributed by atoms with Crippen LogP contribution in [0.15, 0.2) is 66.2 Å². The summed E-state index contributed by atoms with van der Waals surface area (Å²) in [6.07, 6.45) is 4.30. The van der Waals surface area contributed by atoms with Crippen molar-refractivity contribution in [2.75, 3.05) is 0 Å². The first kappa shape index (κ1) is 11.7. The van der Waals surface area contributed by atoms with Crippen molar-refractivity contribution < 1.29 is 4.79 Å². The molecule has 1 heteroatoms. The number of aldehydes is 1. The molecule has 20 heavy (non-hydrogen) atoms. The Morgan fingerprint density at radius 1 is 0.900 bits per heavy atom. The minimum atomic E-state index is 0.277. The predicted octanol–water partition coefficient (Wildman–Crippen LogP) is 4.18. The standard InChI is InChI=1S/C19H16O/c20-12-14-10-19-16-9-5-4-8-15(16)18(14)11-17(19)13-6-2-1-3-7-13/h1-10,12,17-19H,11H2. The molecule has 2 bridgehead atoms. The third-order valence-corrected chi connectivity index (χ3v) is 4.79. The molecule has 98 valence electrons. The van der Waals surface area contributed by atoms with E-state index in [1.807, 2.05) is 0 Å². The van der Waals surface area contributed by atoms with Crippen molar-refractivity contribution in [1.82, 2.24) is 0 Å². The van der Waals surface area contributed by atoms with Gasteiger partial charge in [0, 0.05) is 11.8 Å². The summed E-state index contributed by atoms with van der Waals surface area (Å²) in [6.45, 7) is 0. The second kappa shape index (κ2) is 4.45. The van der Waals surface area contributed by atoms with Gasteiger partial charge in [-0.05, 0) is 34.6 Å². The van der Waals surface area contributed by atoms with Crippen molar-refractivity contribution in [1.29, 1.82) is 0 Å². The third-order valence-electron chi connectivity index (χ3n) is 4.79. The molecular weight excluding hydrogens is 244 g/mol. The summed E-state index contributed by atoms with van der Waals surface area (Å²) in [5.41, 5.74) is 5.12. The van der Waals surface area contributed by atoms with Crippen LogP contribution in [-0.2, 0) is 4.79 Å². The van der Waals surface area contributed by atoms with Gasteiger partial charge in [-0.2, -0.15) is 0 Å². The van der Waals surface area contributed by atoms with Crippen molar-refractivity contribution >= 4 is 6.29 Å².